The normalized spacial score (nSPS) is 18.2. The summed E-state index contributed by atoms with van der Waals surface area (Å²) in [6.45, 7) is 7.14. The van der Waals surface area contributed by atoms with Crippen LogP contribution in [0.4, 0.5) is 11.9 Å². The second-order valence-corrected chi connectivity index (χ2v) is 5.37. The van der Waals surface area contributed by atoms with E-state index in [4.69, 9.17) is 0 Å². The molecule has 2 aromatic heterocycles. The van der Waals surface area contributed by atoms with Crippen molar-refractivity contribution in [1.82, 2.24) is 29.7 Å². The summed E-state index contributed by atoms with van der Waals surface area (Å²) in [6.07, 6.45) is 5.25. The molecule has 3 heterocycles. The van der Waals surface area contributed by atoms with Crippen molar-refractivity contribution >= 4 is 11.9 Å². The average molecular weight is 288 g/mol. The SMILES string of the molecule is CCCNc1nc(N2CCC(C)C2)nc(-n2cncn2)n1. The molecule has 0 saturated carbocycles. The topological polar surface area (TPSA) is 84.7 Å². The summed E-state index contributed by atoms with van der Waals surface area (Å²) in [5.74, 6) is 2.46. The van der Waals surface area contributed by atoms with E-state index in [1.807, 2.05) is 0 Å². The Morgan fingerprint density at radius 1 is 1.29 bits per heavy atom. The fraction of sp³-hybridized carbons (Fsp3) is 0.615. The van der Waals surface area contributed by atoms with Gasteiger partial charge in [-0.1, -0.05) is 13.8 Å². The highest BCUT2D eigenvalue weighted by atomic mass is 15.4. The molecule has 0 radical (unpaired) electrons. The lowest BCUT2D eigenvalue weighted by atomic mass is 10.2. The van der Waals surface area contributed by atoms with Gasteiger partial charge in [0.25, 0.3) is 5.95 Å². The Hall–Kier alpha value is -2.25. The summed E-state index contributed by atoms with van der Waals surface area (Å²) >= 11 is 0. The summed E-state index contributed by atoms with van der Waals surface area (Å²) in [4.78, 5) is 19.6. The second-order valence-electron chi connectivity index (χ2n) is 5.37. The van der Waals surface area contributed by atoms with Crippen LogP contribution in [0.25, 0.3) is 5.95 Å². The highest BCUT2D eigenvalue weighted by Gasteiger charge is 2.22. The number of aromatic nitrogens is 6. The molecule has 1 aliphatic heterocycles. The third kappa shape index (κ3) is 3.09. The van der Waals surface area contributed by atoms with Crippen molar-refractivity contribution in [2.24, 2.45) is 5.92 Å². The van der Waals surface area contributed by atoms with Crippen molar-refractivity contribution < 1.29 is 0 Å². The molecule has 1 aliphatic rings. The van der Waals surface area contributed by atoms with E-state index in [1.165, 1.54) is 12.7 Å². The largest absolute Gasteiger partial charge is 0.354 e. The van der Waals surface area contributed by atoms with Crippen molar-refractivity contribution in [2.45, 2.75) is 26.7 Å². The molecular formula is C13H20N8. The molecule has 3 rings (SSSR count). The van der Waals surface area contributed by atoms with E-state index in [2.05, 4.69) is 49.1 Å². The van der Waals surface area contributed by atoms with E-state index in [0.29, 0.717) is 23.8 Å². The van der Waals surface area contributed by atoms with Crippen LogP contribution in [0.1, 0.15) is 26.7 Å². The van der Waals surface area contributed by atoms with Gasteiger partial charge in [-0.3, -0.25) is 0 Å². The summed E-state index contributed by atoms with van der Waals surface area (Å²) in [6, 6.07) is 0. The molecule has 112 valence electrons. The van der Waals surface area contributed by atoms with Crippen LogP contribution >= 0.6 is 0 Å². The summed E-state index contributed by atoms with van der Waals surface area (Å²) in [5.41, 5.74) is 0. The molecule has 0 aliphatic carbocycles. The molecular weight excluding hydrogens is 268 g/mol. The van der Waals surface area contributed by atoms with E-state index in [1.54, 1.807) is 11.0 Å². The predicted octanol–water partition coefficient (Wildman–Crippen LogP) is 1.12. The van der Waals surface area contributed by atoms with Crippen molar-refractivity contribution in [2.75, 3.05) is 29.9 Å². The predicted molar refractivity (Wildman–Crippen MR) is 79.5 cm³/mol. The van der Waals surface area contributed by atoms with E-state index in [0.717, 1.165) is 26.1 Å². The lowest BCUT2D eigenvalue weighted by Crippen LogP contribution is -2.23. The van der Waals surface area contributed by atoms with Gasteiger partial charge < -0.3 is 10.2 Å². The fourth-order valence-electron chi connectivity index (χ4n) is 2.34. The molecule has 1 N–H and O–H groups in total. The molecule has 0 bridgehead atoms. The zero-order valence-corrected chi connectivity index (χ0v) is 12.4. The first-order chi connectivity index (χ1) is 10.3. The lowest BCUT2D eigenvalue weighted by Gasteiger charge is -2.17. The van der Waals surface area contributed by atoms with E-state index in [9.17, 15) is 0 Å². The van der Waals surface area contributed by atoms with E-state index in [-0.39, 0.29) is 0 Å². The monoisotopic (exact) mass is 288 g/mol. The summed E-state index contributed by atoms with van der Waals surface area (Å²) in [5, 5.41) is 7.32. The first-order valence-electron chi connectivity index (χ1n) is 7.36. The maximum atomic E-state index is 4.53. The third-order valence-corrected chi connectivity index (χ3v) is 3.48. The Bertz CT molecular complexity index is 582. The highest BCUT2D eigenvalue weighted by Crippen LogP contribution is 2.21. The van der Waals surface area contributed by atoms with E-state index >= 15 is 0 Å². The average Bonchev–Trinajstić information content (AvgIpc) is 3.16. The van der Waals surface area contributed by atoms with Gasteiger partial charge in [-0.25, -0.2) is 4.98 Å². The molecule has 1 saturated heterocycles. The van der Waals surface area contributed by atoms with Crippen LogP contribution in [0.3, 0.4) is 0 Å². The van der Waals surface area contributed by atoms with Gasteiger partial charge in [0.1, 0.15) is 12.7 Å². The molecule has 0 spiro atoms. The number of nitrogens with one attached hydrogen (secondary N) is 1. The van der Waals surface area contributed by atoms with Gasteiger partial charge in [0.05, 0.1) is 0 Å². The Labute approximate surface area is 123 Å². The molecule has 2 aromatic rings. The summed E-state index contributed by atoms with van der Waals surface area (Å²) in [7, 11) is 0. The van der Waals surface area contributed by atoms with Crippen molar-refractivity contribution in [3.63, 3.8) is 0 Å². The smallest absolute Gasteiger partial charge is 0.258 e. The van der Waals surface area contributed by atoms with Crippen molar-refractivity contribution in [3.8, 4) is 5.95 Å². The fourth-order valence-corrected chi connectivity index (χ4v) is 2.34. The Morgan fingerprint density at radius 2 is 2.14 bits per heavy atom. The van der Waals surface area contributed by atoms with Crippen LogP contribution in [-0.4, -0.2) is 49.4 Å². The highest BCUT2D eigenvalue weighted by molar-refractivity contribution is 5.40. The minimum Gasteiger partial charge on any atom is -0.354 e. The van der Waals surface area contributed by atoms with Crippen molar-refractivity contribution in [3.05, 3.63) is 12.7 Å². The van der Waals surface area contributed by atoms with Crippen LogP contribution in [0, 0.1) is 5.92 Å². The third-order valence-electron chi connectivity index (χ3n) is 3.48. The van der Waals surface area contributed by atoms with Crippen molar-refractivity contribution in [1.29, 1.82) is 0 Å². The molecule has 8 heteroatoms. The number of hydrogen-bond donors (Lipinski definition) is 1. The quantitative estimate of drug-likeness (QED) is 0.882. The molecule has 0 amide bonds. The number of nitrogens with zero attached hydrogens (tertiary/aromatic N) is 7. The second kappa shape index (κ2) is 6.02. The molecule has 1 atom stereocenters. The molecule has 1 unspecified atom stereocenters. The van der Waals surface area contributed by atoms with Gasteiger partial charge in [0, 0.05) is 19.6 Å². The van der Waals surface area contributed by atoms with Gasteiger partial charge in [-0.15, -0.1) is 0 Å². The van der Waals surface area contributed by atoms with Gasteiger partial charge in [0.15, 0.2) is 0 Å². The Kier molecular flexibility index (Phi) is 3.94. The van der Waals surface area contributed by atoms with Crippen LogP contribution in [0.15, 0.2) is 12.7 Å². The number of anilines is 2. The minimum atomic E-state index is 0.496. The first-order valence-corrected chi connectivity index (χ1v) is 7.36. The first kappa shape index (κ1) is 13.7. The van der Waals surface area contributed by atoms with Crippen LogP contribution in [-0.2, 0) is 0 Å². The number of hydrogen-bond acceptors (Lipinski definition) is 7. The van der Waals surface area contributed by atoms with Gasteiger partial charge in [-0.05, 0) is 18.8 Å². The number of rotatable bonds is 5. The van der Waals surface area contributed by atoms with Crippen LogP contribution in [0.2, 0.25) is 0 Å². The maximum Gasteiger partial charge on any atom is 0.258 e. The zero-order valence-electron chi connectivity index (χ0n) is 12.4. The standard InChI is InChI=1S/C13H20N8/c1-3-5-15-11-17-12(20-6-4-10(2)7-20)19-13(18-11)21-9-14-8-16-21/h8-10H,3-7H2,1-2H3,(H,15,17,18,19). The molecule has 1 fully saturated rings. The molecule has 21 heavy (non-hydrogen) atoms. The minimum absolute atomic E-state index is 0.496. The van der Waals surface area contributed by atoms with Crippen LogP contribution in [0.5, 0.6) is 0 Å². The molecule has 0 aromatic carbocycles. The van der Waals surface area contributed by atoms with Gasteiger partial charge >= 0.3 is 0 Å². The van der Waals surface area contributed by atoms with Gasteiger partial charge in [0.2, 0.25) is 11.9 Å². The van der Waals surface area contributed by atoms with E-state index < -0.39 is 0 Å². The Balaban J connectivity index is 1.92. The van der Waals surface area contributed by atoms with Gasteiger partial charge in [-0.2, -0.15) is 24.7 Å². The molecule has 8 nitrogen and oxygen atoms in total. The lowest BCUT2D eigenvalue weighted by molar-refractivity contribution is 0.657. The maximum absolute atomic E-state index is 4.53. The van der Waals surface area contributed by atoms with Crippen LogP contribution < -0.4 is 10.2 Å². The Morgan fingerprint density at radius 3 is 2.81 bits per heavy atom. The summed E-state index contributed by atoms with van der Waals surface area (Å²) < 4.78 is 1.56. The zero-order chi connectivity index (χ0) is 14.7.